The van der Waals surface area contributed by atoms with E-state index >= 15 is 0 Å². The van der Waals surface area contributed by atoms with Crippen molar-refractivity contribution in [1.29, 1.82) is 0 Å². The van der Waals surface area contributed by atoms with Gasteiger partial charge in [-0.15, -0.1) is 0 Å². The highest BCUT2D eigenvalue weighted by molar-refractivity contribution is 9.10. The van der Waals surface area contributed by atoms with E-state index in [1.165, 1.54) is 5.39 Å². The van der Waals surface area contributed by atoms with Crippen LogP contribution in [0.3, 0.4) is 0 Å². The van der Waals surface area contributed by atoms with E-state index < -0.39 is 0 Å². The van der Waals surface area contributed by atoms with E-state index in [-0.39, 0.29) is 5.41 Å². The summed E-state index contributed by atoms with van der Waals surface area (Å²) in [5.41, 5.74) is 2.30. The summed E-state index contributed by atoms with van der Waals surface area (Å²) >= 11 is 3.48. The molecule has 1 N–H and O–H groups in total. The fourth-order valence-corrected chi connectivity index (χ4v) is 1.92. The summed E-state index contributed by atoms with van der Waals surface area (Å²) in [5.74, 6) is 0. The van der Waals surface area contributed by atoms with Crippen LogP contribution in [0.2, 0.25) is 0 Å². The normalized spacial score (nSPS) is 12.3. The molecule has 0 atom stereocenters. The van der Waals surface area contributed by atoms with Crippen molar-refractivity contribution in [2.24, 2.45) is 0 Å². The average molecular weight is 253 g/mol. The molecule has 0 amide bonds. The van der Waals surface area contributed by atoms with Crippen molar-refractivity contribution in [2.45, 2.75) is 26.2 Å². The number of hydrogen-bond acceptors (Lipinski definition) is 1. The van der Waals surface area contributed by atoms with Gasteiger partial charge in [0, 0.05) is 15.3 Å². The van der Waals surface area contributed by atoms with Gasteiger partial charge in [-0.2, -0.15) is 5.10 Å². The minimum Gasteiger partial charge on any atom is -0.278 e. The van der Waals surface area contributed by atoms with Crippen LogP contribution in [0.25, 0.3) is 10.9 Å². The summed E-state index contributed by atoms with van der Waals surface area (Å²) in [7, 11) is 0. The highest BCUT2D eigenvalue weighted by atomic mass is 79.9. The van der Waals surface area contributed by atoms with Crippen molar-refractivity contribution in [3.8, 4) is 0 Å². The molecule has 1 aromatic carbocycles. The highest BCUT2D eigenvalue weighted by Crippen LogP contribution is 2.29. The Bertz CT molecular complexity index is 466. The number of nitrogens with zero attached hydrogens (tertiary/aromatic N) is 1. The van der Waals surface area contributed by atoms with Gasteiger partial charge < -0.3 is 0 Å². The van der Waals surface area contributed by atoms with E-state index in [0.29, 0.717) is 0 Å². The van der Waals surface area contributed by atoms with Gasteiger partial charge >= 0.3 is 0 Å². The zero-order valence-corrected chi connectivity index (χ0v) is 10.1. The Morgan fingerprint density at radius 1 is 1.29 bits per heavy atom. The molecule has 0 aliphatic heterocycles. The van der Waals surface area contributed by atoms with E-state index in [1.807, 2.05) is 12.1 Å². The Kier molecular flexibility index (Phi) is 2.14. The topological polar surface area (TPSA) is 28.7 Å². The average Bonchev–Trinajstić information content (AvgIpc) is 2.45. The summed E-state index contributed by atoms with van der Waals surface area (Å²) in [6, 6.07) is 6.17. The molecule has 0 aliphatic rings. The second-order valence-corrected chi connectivity index (χ2v) is 5.43. The number of H-pyrrole nitrogens is 1. The van der Waals surface area contributed by atoms with Crippen molar-refractivity contribution in [3.05, 3.63) is 28.4 Å². The molecule has 14 heavy (non-hydrogen) atoms. The Morgan fingerprint density at radius 2 is 2.00 bits per heavy atom. The molecule has 1 heterocycles. The van der Waals surface area contributed by atoms with E-state index in [4.69, 9.17) is 0 Å². The lowest BCUT2D eigenvalue weighted by molar-refractivity contribution is 0.571. The first kappa shape index (κ1) is 9.71. The predicted octanol–water partition coefficient (Wildman–Crippen LogP) is 3.62. The van der Waals surface area contributed by atoms with Gasteiger partial charge in [-0.1, -0.05) is 36.7 Å². The maximum absolute atomic E-state index is 4.36. The molecular weight excluding hydrogens is 240 g/mol. The van der Waals surface area contributed by atoms with Gasteiger partial charge in [0.1, 0.15) is 0 Å². The summed E-state index contributed by atoms with van der Waals surface area (Å²) in [6.45, 7) is 6.51. The lowest BCUT2D eigenvalue weighted by Gasteiger charge is -2.15. The fourth-order valence-electron chi connectivity index (χ4n) is 1.56. The van der Waals surface area contributed by atoms with Gasteiger partial charge in [-0.25, -0.2) is 0 Å². The first-order valence-electron chi connectivity index (χ1n) is 4.62. The van der Waals surface area contributed by atoms with Crippen LogP contribution in [0.5, 0.6) is 0 Å². The Labute approximate surface area is 91.8 Å². The largest absolute Gasteiger partial charge is 0.278 e. The summed E-state index contributed by atoms with van der Waals surface area (Å²) in [5, 5.41) is 8.61. The van der Waals surface area contributed by atoms with Crippen molar-refractivity contribution in [2.75, 3.05) is 0 Å². The Balaban J connectivity index is 2.73. The summed E-state index contributed by atoms with van der Waals surface area (Å²) < 4.78 is 1.09. The molecule has 2 aromatic rings. The van der Waals surface area contributed by atoms with Crippen molar-refractivity contribution in [1.82, 2.24) is 10.2 Å². The van der Waals surface area contributed by atoms with Crippen molar-refractivity contribution >= 4 is 26.8 Å². The summed E-state index contributed by atoms with van der Waals surface area (Å²) in [4.78, 5) is 0. The molecule has 2 nitrogen and oxygen atoms in total. The SMILES string of the molecule is CC(C)(C)c1n[nH]c2ccc(Br)cc12. The van der Waals surface area contributed by atoms with Gasteiger partial charge in [-0.05, 0) is 18.2 Å². The molecule has 0 spiro atoms. The first-order valence-corrected chi connectivity index (χ1v) is 5.42. The first-order chi connectivity index (χ1) is 6.48. The number of aromatic nitrogens is 2. The lowest BCUT2D eigenvalue weighted by atomic mass is 9.90. The minimum absolute atomic E-state index is 0.0824. The molecule has 74 valence electrons. The number of aromatic amines is 1. The quantitative estimate of drug-likeness (QED) is 0.763. The monoisotopic (exact) mass is 252 g/mol. The molecule has 0 unspecified atom stereocenters. The number of nitrogens with one attached hydrogen (secondary N) is 1. The fraction of sp³-hybridized carbons (Fsp3) is 0.364. The molecule has 2 rings (SSSR count). The van der Waals surface area contributed by atoms with Crippen LogP contribution in [0.4, 0.5) is 0 Å². The van der Waals surface area contributed by atoms with Crippen LogP contribution in [0, 0.1) is 0 Å². The third kappa shape index (κ3) is 1.57. The third-order valence-corrected chi connectivity index (χ3v) is 2.73. The number of benzene rings is 1. The van der Waals surface area contributed by atoms with Crippen LogP contribution in [0.15, 0.2) is 22.7 Å². The van der Waals surface area contributed by atoms with Crippen molar-refractivity contribution < 1.29 is 0 Å². The lowest BCUT2D eigenvalue weighted by Crippen LogP contribution is -2.11. The number of fused-ring (bicyclic) bond motifs is 1. The van der Waals surface area contributed by atoms with Gasteiger partial charge in [0.05, 0.1) is 11.2 Å². The molecule has 0 saturated carbocycles. The molecule has 0 radical (unpaired) electrons. The zero-order chi connectivity index (χ0) is 10.3. The maximum Gasteiger partial charge on any atom is 0.0754 e. The highest BCUT2D eigenvalue weighted by Gasteiger charge is 2.19. The molecule has 0 saturated heterocycles. The van der Waals surface area contributed by atoms with E-state index in [9.17, 15) is 0 Å². The van der Waals surface area contributed by atoms with Gasteiger partial charge in [0.15, 0.2) is 0 Å². The smallest absolute Gasteiger partial charge is 0.0754 e. The second-order valence-electron chi connectivity index (χ2n) is 4.51. The molecule has 0 fully saturated rings. The minimum atomic E-state index is 0.0824. The number of rotatable bonds is 0. The second kappa shape index (κ2) is 3.09. The van der Waals surface area contributed by atoms with Gasteiger partial charge in [0.2, 0.25) is 0 Å². The third-order valence-electron chi connectivity index (χ3n) is 2.24. The van der Waals surface area contributed by atoms with Crippen LogP contribution >= 0.6 is 15.9 Å². The van der Waals surface area contributed by atoms with Gasteiger partial charge in [0.25, 0.3) is 0 Å². The number of halogens is 1. The Morgan fingerprint density at radius 3 is 2.64 bits per heavy atom. The van der Waals surface area contributed by atoms with Crippen LogP contribution in [-0.2, 0) is 5.41 Å². The maximum atomic E-state index is 4.36. The van der Waals surface area contributed by atoms with Gasteiger partial charge in [-0.3, -0.25) is 5.10 Å². The van der Waals surface area contributed by atoms with Crippen LogP contribution < -0.4 is 0 Å². The molecule has 0 bridgehead atoms. The van der Waals surface area contributed by atoms with Crippen LogP contribution in [-0.4, -0.2) is 10.2 Å². The molecular formula is C11H13BrN2. The Hall–Kier alpha value is -0.830. The molecule has 1 aromatic heterocycles. The van der Waals surface area contributed by atoms with E-state index in [1.54, 1.807) is 0 Å². The molecule has 0 aliphatic carbocycles. The van der Waals surface area contributed by atoms with Crippen LogP contribution in [0.1, 0.15) is 26.5 Å². The molecule has 3 heteroatoms. The predicted molar refractivity (Wildman–Crippen MR) is 62.5 cm³/mol. The van der Waals surface area contributed by atoms with E-state index in [0.717, 1.165) is 15.7 Å². The van der Waals surface area contributed by atoms with Crippen molar-refractivity contribution in [3.63, 3.8) is 0 Å². The number of hydrogen-bond donors (Lipinski definition) is 1. The zero-order valence-electron chi connectivity index (χ0n) is 8.56. The standard InChI is InChI=1S/C11H13BrN2/c1-11(2,3)10-8-6-7(12)4-5-9(8)13-14-10/h4-6H,1-3H3,(H,13,14). The van der Waals surface area contributed by atoms with E-state index in [2.05, 4.69) is 53.0 Å². The summed E-state index contributed by atoms with van der Waals surface area (Å²) in [6.07, 6.45) is 0.